The van der Waals surface area contributed by atoms with Crippen LogP contribution >= 0.6 is 11.3 Å². The average Bonchev–Trinajstić information content (AvgIpc) is 3.36. The fourth-order valence-electron chi connectivity index (χ4n) is 2.57. The summed E-state index contributed by atoms with van der Waals surface area (Å²) >= 11 is 0.959. The van der Waals surface area contributed by atoms with Gasteiger partial charge in [0.1, 0.15) is 0 Å². The van der Waals surface area contributed by atoms with Crippen molar-refractivity contribution >= 4 is 27.3 Å². The topological polar surface area (TPSA) is 59.0 Å². The third-order valence-corrected chi connectivity index (χ3v) is 5.39. The zero-order chi connectivity index (χ0) is 18.2. The number of hydroxylamine groups is 2. The lowest BCUT2D eigenvalue weighted by Gasteiger charge is -2.17. The van der Waals surface area contributed by atoms with Gasteiger partial charge in [0.05, 0.1) is 25.1 Å². The first-order chi connectivity index (χ1) is 11.9. The van der Waals surface area contributed by atoms with E-state index in [1.807, 2.05) is 0 Å². The molecule has 0 bridgehead atoms. The number of ether oxygens (including phenoxy) is 2. The molecule has 25 heavy (non-hydrogen) atoms. The molecule has 3 rings (SSSR count). The van der Waals surface area contributed by atoms with Crippen molar-refractivity contribution in [2.45, 2.75) is 37.6 Å². The van der Waals surface area contributed by atoms with Gasteiger partial charge < -0.3 is 9.47 Å². The fourth-order valence-corrected chi connectivity index (χ4v) is 3.65. The Morgan fingerprint density at radius 2 is 1.92 bits per heavy atom. The maximum absolute atomic E-state index is 14.5. The van der Waals surface area contributed by atoms with Gasteiger partial charge in [-0.1, -0.05) is 0 Å². The Morgan fingerprint density at radius 3 is 2.52 bits per heavy atom. The third kappa shape index (κ3) is 3.69. The van der Waals surface area contributed by atoms with Gasteiger partial charge in [0, 0.05) is 23.6 Å². The molecule has 1 aliphatic carbocycles. The molecular formula is C17H19F2NO4S. The average molecular weight is 371 g/mol. The monoisotopic (exact) mass is 371 g/mol. The number of hydrogen-bond acceptors (Lipinski definition) is 5. The highest BCUT2D eigenvalue weighted by molar-refractivity contribution is 7.19. The van der Waals surface area contributed by atoms with Crippen molar-refractivity contribution < 1.29 is 28.3 Å². The smallest absolute Gasteiger partial charge is 0.282 e. The minimum Gasteiger partial charge on any atom is -0.493 e. The number of hydrogen-bond donors (Lipinski definition) is 1. The Labute approximate surface area is 147 Å². The molecule has 0 spiro atoms. The highest BCUT2D eigenvalue weighted by Crippen LogP contribution is 2.43. The molecule has 1 heterocycles. The van der Waals surface area contributed by atoms with Gasteiger partial charge in [-0.25, -0.2) is 13.8 Å². The minimum absolute atomic E-state index is 0.124. The van der Waals surface area contributed by atoms with Crippen LogP contribution in [0.3, 0.4) is 0 Å². The lowest BCUT2D eigenvalue weighted by molar-refractivity contribution is -0.169. The van der Waals surface area contributed by atoms with Crippen molar-refractivity contribution in [1.29, 1.82) is 0 Å². The first-order valence-electron chi connectivity index (χ1n) is 7.90. The van der Waals surface area contributed by atoms with Crippen molar-refractivity contribution in [3.05, 3.63) is 23.1 Å². The largest absolute Gasteiger partial charge is 0.493 e. The van der Waals surface area contributed by atoms with Crippen LogP contribution in [0, 0.1) is 0 Å². The molecule has 8 heteroatoms. The van der Waals surface area contributed by atoms with Gasteiger partial charge in [-0.2, -0.15) is 0 Å². The number of fused-ring (bicyclic) bond motifs is 1. The normalized spacial score (nSPS) is 14.6. The van der Waals surface area contributed by atoms with Crippen LogP contribution in [0.15, 0.2) is 18.2 Å². The highest BCUT2D eigenvalue weighted by Gasteiger charge is 2.37. The van der Waals surface area contributed by atoms with Crippen molar-refractivity contribution in [1.82, 2.24) is 5.06 Å². The summed E-state index contributed by atoms with van der Waals surface area (Å²) in [6.45, 7) is 0. The summed E-state index contributed by atoms with van der Waals surface area (Å²) in [5.41, 5.74) is 0. The molecule has 0 atom stereocenters. The van der Waals surface area contributed by atoms with E-state index in [9.17, 15) is 18.8 Å². The van der Waals surface area contributed by atoms with Gasteiger partial charge >= 0.3 is 0 Å². The van der Waals surface area contributed by atoms with Crippen LogP contribution in [0.1, 0.15) is 30.6 Å². The molecule has 1 aliphatic rings. The van der Waals surface area contributed by atoms with Crippen LogP contribution in [-0.4, -0.2) is 36.4 Å². The van der Waals surface area contributed by atoms with E-state index in [1.165, 1.54) is 20.3 Å². The van der Waals surface area contributed by atoms with Crippen LogP contribution in [-0.2, 0) is 10.7 Å². The summed E-state index contributed by atoms with van der Waals surface area (Å²) in [5, 5.41) is 10.8. The van der Waals surface area contributed by atoms with Gasteiger partial charge in [-0.05, 0) is 30.4 Å². The number of carbonyl (C=O) groups excluding carboxylic acids is 1. The number of thiophene rings is 1. The minimum atomic E-state index is -3.15. The summed E-state index contributed by atoms with van der Waals surface area (Å²) < 4.78 is 40.0. The molecule has 0 aliphatic heterocycles. The number of halogens is 2. The predicted molar refractivity (Wildman–Crippen MR) is 89.7 cm³/mol. The highest BCUT2D eigenvalue weighted by atomic mass is 32.1. The van der Waals surface area contributed by atoms with E-state index in [4.69, 9.17) is 9.47 Å². The Morgan fingerprint density at radius 1 is 1.28 bits per heavy atom. The Hall–Kier alpha value is -1.93. The first kappa shape index (κ1) is 17.9. The lowest BCUT2D eigenvalue weighted by atomic mass is 10.1. The lowest BCUT2D eigenvalue weighted by Crippen LogP contribution is -2.30. The van der Waals surface area contributed by atoms with E-state index >= 15 is 0 Å². The number of nitrogens with zero attached hydrogens (tertiary/aromatic N) is 1. The molecule has 136 valence electrons. The maximum Gasteiger partial charge on any atom is 0.282 e. The first-order valence-corrected chi connectivity index (χ1v) is 8.72. The Balaban J connectivity index is 1.77. The van der Waals surface area contributed by atoms with E-state index in [1.54, 1.807) is 12.1 Å². The van der Waals surface area contributed by atoms with Crippen LogP contribution < -0.4 is 9.47 Å². The second kappa shape index (κ2) is 6.76. The molecule has 2 aromatic rings. The van der Waals surface area contributed by atoms with Gasteiger partial charge in [-0.3, -0.25) is 10.0 Å². The van der Waals surface area contributed by atoms with Crippen molar-refractivity contribution in [2.75, 3.05) is 14.2 Å². The number of carbonyl (C=O) groups is 1. The maximum atomic E-state index is 14.5. The van der Waals surface area contributed by atoms with E-state index < -0.39 is 24.7 Å². The molecule has 1 N–H and O–H groups in total. The van der Waals surface area contributed by atoms with E-state index in [2.05, 4.69) is 0 Å². The van der Waals surface area contributed by atoms with Gasteiger partial charge in [-0.15, -0.1) is 11.3 Å². The zero-order valence-electron chi connectivity index (χ0n) is 13.9. The summed E-state index contributed by atoms with van der Waals surface area (Å²) in [5.74, 6) is -2.86. The molecule has 1 aromatic carbocycles. The Bertz CT molecular complexity index is 747. The molecule has 1 aromatic heterocycles. The molecule has 0 unspecified atom stereocenters. The summed E-state index contributed by atoms with van der Waals surface area (Å²) in [6, 6.07) is 4.51. The molecular weight excluding hydrogens is 352 g/mol. The van der Waals surface area contributed by atoms with Crippen LogP contribution in [0.2, 0.25) is 0 Å². The fraction of sp³-hybridized carbons (Fsp3) is 0.471. The molecule has 0 radical (unpaired) electrons. The van der Waals surface area contributed by atoms with Crippen LogP contribution in [0.5, 0.6) is 11.5 Å². The SMILES string of the molecule is COc1cc2cc(C(F)(F)CCC(=O)N(O)C3CC3)sc2cc1OC. The quantitative estimate of drug-likeness (QED) is 0.586. The van der Waals surface area contributed by atoms with E-state index in [-0.39, 0.29) is 10.9 Å². The van der Waals surface area contributed by atoms with E-state index in [0.717, 1.165) is 24.2 Å². The second-order valence-corrected chi connectivity index (χ2v) is 7.11. The Kier molecular flexibility index (Phi) is 4.83. The number of methoxy groups -OCH3 is 2. The molecule has 0 saturated heterocycles. The molecule has 1 amide bonds. The van der Waals surface area contributed by atoms with Crippen LogP contribution in [0.4, 0.5) is 8.78 Å². The number of amides is 1. The summed E-state index contributed by atoms with van der Waals surface area (Å²) in [7, 11) is 2.97. The second-order valence-electron chi connectivity index (χ2n) is 6.03. The number of benzene rings is 1. The van der Waals surface area contributed by atoms with Crippen molar-refractivity contribution in [2.24, 2.45) is 0 Å². The van der Waals surface area contributed by atoms with Gasteiger partial charge in [0.2, 0.25) is 5.91 Å². The summed E-state index contributed by atoms with van der Waals surface area (Å²) in [4.78, 5) is 11.6. The van der Waals surface area contributed by atoms with Crippen molar-refractivity contribution in [3.63, 3.8) is 0 Å². The number of alkyl halides is 2. The number of rotatable bonds is 7. The standard InChI is InChI=1S/C17H19F2NO4S/c1-23-12-7-10-8-15(25-14(10)9-13(12)24-2)17(18,19)6-5-16(21)20(22)11-3-4-11/h7-9,11,22H,3-6H2,1-2H3. The van der Waals surface area contributed by atoms with Crippen LogP contribution in [0.25, 0.3) is 10.1 Å². The van der Waals surface area contributed by atoms with Gasteiger partial charge in [0.15, 0.2) is 11.5 Å². The summed E-state index contributed by atoms with van der Waals surface area (Å²) in [6.07, 6.45) is 0.398. The predicted octanol–water partition coefficient (Wildman–Crippen LogP) is 4.17. The molecule has 5 nitrogen and oxygen atoms in total. The molecule has 1 fully saturated rings. The van der Waals surface area contributed by atoms with Gasteiger partial charge in [0.25, 0.3) is 5.92 Å². The van der Waals surface area contributed by atoms with Crippen molar-refractivity contribution in [3.8, 4) is 11.5 Å². The zero-order valence-corrected chi connectivity index (χ0v) is 14.7. The third-order valence-electron chi connectivity index (χ3n) is 4.18. The van der Waals surface area contributed by atoms with E-state index in [0.29, 0.717) is 26.6 Å². The molecule has 1 saturated carbocycles.